The van der Waals surface area contributed by atoms with Crippen LogP contribution in [0.25, 0.3) is 10.9 Å². The summed E-state index contributed by atoms with van der Waals surface area (Å²) in [5, 5.41) is 1.06. The average molecular weight is 434 g/mol. The van der Waals surface area contributed by atoms with E-state index in [-0.39, 0.29) is 0 Å². The van der Waals surface area contributed by atoms with E-state index in [1.54, 1.807) is 7.11 Å². The third-order valence-corrected chi connectivity index (χ3v) is 6.39. The average Bonchev–Trinajstić information content (AvgIpc) is 2.67. The van der Waals surface area contributed by atoms with Gasteiger partial charge in [0.1, 0.15) is 0 Å². The molecule has 2 saturated heterocycles. The second kappa shape index (κ2) is 7.94. The monoisotopic (exact) mass is 433 g/mol. The van der Waals surface area contributed by atoms with Gasteiger partial charge in [-0.05, 0) is 54.8 Å². The van der Waals surface area contributed by atoms with E-state index in [1.807, 2.05) is 18.3 Å². The number of fused-ring (bicyclic) bond motifs is 1. The highest BCUT2D eigenvalue weighted by Crippen LogP contribution is 2.38. The molecular formula is C21H28BrN3O2. The first-order valence-electron chi connectivity index (χ1n) is 9.82. The number of anilines is 1. The molecule has 2 aliphatic heterocycles. The van der Waals surface area contributed by atoms with Gasteiger partial charge >= 0.3 is 0 Å². The SMILES string of the molecule is COc1c(N2CCC(N3C[C@@H](C)O[C@@H](C)C3)CC2)cnc2c(Br)cccc12. The fraction of sp³-hybridized carbons (Fsp3) is 0.571. The molecule has 2 aliphatic rings. The van der Waals surface area contributed by atoms with Gasteiger partial charge in [-0.3, -0.25) is 9.88 Å². The number of morpholine rings is 1. The van der Waals surface area contributed by atoms with Crippen molar-refractivity contribution in [1.82, 2.24) is 9.88 Å². The predicted octanol–water partition coefficient (Wildman–Crippen LogP) is 4.08. The number of hydrogen-bond donors (Lipinski definition) is 0. The smallest absolute Gasteiger partial charge is 0.153 e. The number of ether oxygens (including phenoxy) is 2. The Morgan fingerprint density at radius 2 is 1.85 bits per heavy atom. The van der Waals surface area contributed by atoms with E-state index in [0.717, 1.165) is 53.0 Å². The first-order valence-corrected chi connectivity index (χ1v) is 10.6. The van der Waals surface area contributed by atoms with Gasteiger partial charge in [0.15, 0.2) is 5.75 Å². The minimum absolute atomic E-state index is 0.329. The van der Waals surface area contributed by atoms with Crippen LogP contribution in [0.4, 0.5) is 5.69 Å². The molecule has 2 aromatic rings. The van der Waals surface area contributed by atoms with E-state index < -0.39 is 0 Å². The van der Waals surface area contributed by atoms with Gasteiger partial charge in [-0.1, -0.05) is 6.07 Å². The standard InChI is InChI=1S/C21H28BrN3O2/c1-14-12-25(13-15(2)27-14)16-7-9-24(10-8-16)19-11-23-20-17(21(19)26-3)5-4-6-18(20)22/h4-6,11,14-16H,7-10,12-13H2,1-3H3/t14-,15+. The molecule has 0 N–H and O–H groups in total. The Labute approximate surface area is 169 Å². The van der Waals surface area contributed by atoms with Crippen molar-refractivity contribution in [3.05, 3.63) is 28.9 Å². The summed E-state index contributed by atoms with van der Waals surface area (Å²) < 4.78 is 12.7. The van der Waals surface area contributed by atoms with Gasteiger partial charge in [0.25, 0.3) is 0 Å². The molecule has 2 atom stereocenters. The van der Waals surface area contributed by atoms with Crippen LogP contribution in [0.5, 0.6) is 5.75 Å². The molecular weight excluding hydrogens is 406 g/mol. The number of piperidine rings is 1. The van der Waals surface area contributed by atoms with Gasteiger partial charge in [0.2, 0.25) is 0 Å². The number of aromatic nitrogens is 1. The van der Waals surface area contributed by atoms with E-state index in [9.17, 15) is 0 Å². The number of rotatable bonds is 3. The third-order valence-electron chi connectivity index (χ3n) is 5.75. The first kappa shape index (κ1) is 19.0. The van der Waals surface area contributed by atoms with Crippen LogP contribution >= 0.6 is 15.9 Å². The van der Waals surface area contributed by atoms with Crippen LogP contribution in [0.3, 0.4) is 0 Å². The second-order valence-corrected chi connectivity index (χ2v) is 8.60. The predicted molar refractivity (Wildman–Crippen MR) is 113 cm³/mol. The summed E-state index contributed by atoms with van der Waals surface area (Å²) in [4.78, 5) is 9.75. The van der Waals surface area contributed by atoms with E-state index in [0.29, 0.717) is 18.2 Å². The zero-order chi connectivity index (χ0) is 19.0. The van der Waals surface area contributed by atoms with Crippen LogP contribution in [-0.2, 0) is 4.74 Å². The van der Waals surface area contributed by atoms with Crippen LogP contribution in [0, 0.1) is 0 Å². The molecule has 0 bridgehead atoms. The quantitative estimate of drug-likeness (QED) is 0.728. The highest BCUT2D eigenvalue weighted by atomic mass is 79.9. The second-order valence-electron chi connectivity index (χ2n) is 7.74. The van der Waals surface area contributed by atoms with Crippen molar-refractivity contribution >= 4 is 32.5 Å². The highest BCUT2D eigenvalue weighted by molar-refractivity contribution is 9.10. The molecule has 0 amide bonds. The van der Waals surface area contributed by atoms with Gasteiger partial charge < -0.3 is 14.4 Å². The Morgan fingerprint density at radius 1 is 1.15 bits per heavy atom. The van der Waals surface area contributed by atoms with E-state index in [4.69, 9.17) is 14.5 Å². The lowest BCUT2D eigenvalue weighted by molar-refractivity contribution is -0.0826. The highest BCUT2D eigenvalue weighted by Gasteiger charge is 2.31. The number of nitrogens with zero attached hydrogens (tertiary/aromatic N) is 3. The van der Waals surface area contributed by atoms with Gasteiger partial charge in [-0.2, -0.15) is 0 Å². The lowest BCUT2D eigenvalue weighted by Gasteiger charge is -2.44. The zero-order valence-corrected chi connectivity index (χ0v) is 17.9. The van der Waals surface area contributed by atoms with Gasteiger partial charge in [-0.25, -0.2) is 0 Å². The molecule has 27 heavy (non-hydrogen) atoms. The van der Waals surface area contributed by atoms with Crippen LogP contribution in [0.1, 0.15) is 26.7 Å². The molecule has 0 unspecified atom stereocenters. The first-order chi connectivity index (χ1) is 13.1. The van der Waals surface area contributed by atoms with Gasteiger partial charge in [-0.15, -0.1) is 0 Å². The number of benzene rings is 1. The molecule has 5 nitrogen and oxygen atoms in total. The number of hydrogen-bond acceptors (Lipinski definition) is 5. The van der Waals surface area contributed by atoms with Crippen LogP contribution in [0.15, 0.2) is 28.9 Å². The zero-order valence-electron chi connectivity index (χ0n) is 16.3. The van der Waals surface area contributed by atoms with E-state index in [2.05, 4.69) is 45.6 Å². The Hall–Kier alpha value is -1.37. The molecule has 0 radical (unpaired) electrons. The summed E-state index contributed by atoms with van der Waals surface area (Å²) in [6, 6.07) is 6.78. The molecule has 2 fully saturated rings. The van der Waals surface area contributed by atoms with Crippen LogP contribution in [0.2, 0.25) is 0 Å². The third kappa shape index (κ3) is 3.80. The van der Waals surface area contributed by atoms with E-state index in [1.165, 1.54) is 12.8 Å². The Morgan fingerprint density at radius 3 is 2.52 bits per heavy atom. The van der Waals surface area contributed by atoms with Crippen molar-refractivity contribution < 1.29 is 9.47 Å². The Kier molecular flexibility index (Phi) is 5.58. The summed E-state index contributed by atoms with van der Waals surface area (Å²) in [5.74, 6) is 0.924. The number of pyridine rings is 1. The van der Waals surface area contributed by atoms with Crippen LogP contribution in [-0.4, -0.2) is 61.4 Å². The lowest BCUT2D eigenvalue weighted by atomic mass is 10.0. The Balaban J connectivity index is 1.51. The molecule has 1 aromatic carbocycles. The maximum atomic E-state index is 5.90. The minimum atomic E-state index is 0.329. The molecule has 1 aromatic heterocycles. The topological polar surface area (TPSA) is 37.8 Å². The largest absolute Gasteiger partial charge is 0.494 e. The molecule has 4 rings (SSSR count). The minimum Gasteiger partial charge on any atom is -0.494 e. The van der Waals surface area contributed by atoms with E-state index >= 15 is 0 Å². The molecule has 3 heterocycles. The number of halogens is 1. The number of para-hydroxylation sites is 1. The van der Waals surface area contributed by atoms with Crippen molar-refractivity contribution in [3.63, 3.8) is 0 Å². The van der Waals surface area contributed by atoms with Crippen molar-refractivity contribution in [2.75, 3.05) is 38.2 Å². The number of methoxy groups -OCH3 is 1. The summed E-state index contributed by atoms with van der Waals surface area (Å²) in [5.41, 5.74) is 2.05. The van der Waals surface area contributed by atoms with Crippen molar-refractivity contribution in [1.29, 1.82) is 0 Å². The maximum Gasteiger partial charge on any atom is 0.153 e. The normalized spacial score (nSPS) is 25.1. The Bertz CT molecular complexity index is 797. The summed E-state index contributed by atoms with van der Waals surface area (Å²) in [7, 11) is 1.75. The fourth-order valence-corrected chi connectivity index (χ4v) is 5.05. The van der Waals surface area contributed by atoms with Crippen molar-refractivity contribution in [2.45, 2.75) is 44.9 Å². The fourth-order valence-electron chi connectivity index (χ4n) is 4.58. The molecule has 0 spiro atoms. The molecule has 6 heteroatoms. The summed E-state index contributed by atoms with van der Waals surface area (Å²) in [6.07, 6.45) is 4.95. The summed E-state index contributed by atoms with van der Waals surface area (Å²) in [6.45, 7) is 8.52. The van der Waals surface area contributed by atoms with Crippen molar-refractivity contribution in [3.8, 4) is 5.75 Å². The van der Waals surface area contributed by atoms with Crippen LogP contribution < -0.4 is 9.64 Å². The maximum absolute atomic E-state index is 5.90. The van der Waals surface area contributed by atoms with Gasteiger partial charge in [0, 0.05) is 42.1 Å². The molecule has 0 saturated carbocycles. The summed E-state index contributed by atoms with van der Waals surface area (Å²) >= 11 is 3.59. The molecule has 0 aliphatic carbocycles. The molecule has 146 valence electrons. The van der Waals surface area contributed by atoms with Gasteiger partial charge in [0.05, 0.1) is 36.7 Å². The lowest BCUT2D eigenvalue weighted by Crippen LogP contribution is -2.53. The van der Waals surface area contributed by atoms with Crippen molar-refractivity contribution in [2.24, 2.45) is 0 Å².